The monoisotopic (exact) mass is 537 g/mol. The van der Waals surface area contributed by atoms with Crippen LogP contribution in [-0.2, 0) is 16.1 Å². The van der Waals surface area contributed by atoms with Crippen LogP contribution in [0.25, 0.3) is 16.7 Å². The number of methoxy groups -OCH3 is 2. The van der Waals surface area contributed by atoms with Crippen molar-refractivity contribution in [3.05, 3.63) is 93.4 Å². The number of likely N-dealkylation sites (tertiary alicyclic amines) is 1. The molecule has 0 bridgehead atoms. The molecular weight excluding hydrogens is 517 g/mol. The van der Waals surface area contributed by atoms with Crippen LogP contribution in [0.2, 0.25) is 10.0 Å². The number of halogens is 2. The van der Waals surface area contributed by atoms with E-state index >= 15 is 0 Å². The van der Waals surface area contributed by atoms with E-state index in [1.54, 1.807) is 30.6 Å². The first-order valence-electron chi connectivity index (χ1n) is 11.2. The third-order valence-corrected chi connectivity index (χ3v) is 6.93. The molecule has 5 rings (SSSR count). The number of ether oxygens (including phenoxy) is 2. The minimum absolute atomic E-state index is 0.0189. The normalized spacial score (nSPS) is 17.0. The van der Waals surface area contributed by atoms with Crippen molar-refractivity contribution in [1.29, 1.82) is 0 Å². The molecule has 0 radical (unpaired) electrons. The van der Waals surface area contributed by atoms with E-state index in [1.165, 1.54) is 25.2 Å². The molecule has 2 N–H and O–H groups in total. The molecule has 1 fully saturated rings. The highest BCUT2D eigenvalue weighted by atomic mass is 35.5. The Morgan fingerprint density at radius 3 is 2.51 bits per heavy atom. The van der Waals surface area contributed by atoms with Crippen molar-refractivity contribution in [2.75, 3.05) is 14.2 Å². The summed E-state index contributed by atoms with van der Waals surface area (Å²) in [6.07, 6.45) is 3.34. The van der Waals surface area contributed by atoms with Gasteiger partial charge in [0.05, 0.1) is 48.7 Å². The number of para-hydroxylation sites is 1. The maximum Gasteiger partial charge on any atom is 0.296 e. The smallest absolute Gasteiger partial charge is 0.296 e. The molecule has 8 nitrogen and oxygen atoms in total. The number of carbonyl (C=O) groups excluding carboxylic acids is 2. The fourth-order valence-electron chi connectivity index (χ4n) is 4.64. The molecule has 37 heavy (non-hydrogen) atoms. The lowest BCUT2D eigenvalue weighted by Crippen LogP contribution is -2.29. The van der Waals surface area contributed by atoms with Crippen molar-refractivity contribution in [2.45, 2.75) is 12.6 Å². The third kappa shape index (κ3) is 4.08. The topological polar surface area (TPSA) is 105 Å². The SMILES string of the molecule is COc1c(Cl)cc(/C(O)=C2\C(=O)C(=O)N(Cc3ccccn3)C2c2c[nH]c3ccccc23)c(OC)c1Cl. The van der Waals surface area contributed by atoms with Gasteiger partial charge in [-0.15, -0.1) is 0 Å². The first kappa shape index (κ1) is 24.7. The zero-order valence-electron chi connectivity index (χ0n) is 19.8. The summed E-state index contributed by atoms with van der Waals surface area (Å²) in [5.41, 5.74) is 1.97. The highest BCUT2D eigenvalue weighted by molar-refractivity contribution is 6.47. The predicted molar refractivity (Wildman–Crippen MR) is 140 cm³/mol. The van der Waals surface area contributed by atoms with Crippen LogP contribution in [0.5, 0.6) is 11.5 Å². The van der Waals surface area contributed by atoms with Gasteiger partial charge in [-0.1, -0.05) is 47.5 Å². The molecule has 2 aromatic heterocycles. The van der Waals surface area contributed by atoms with Gasteiger partial charge in [0.15, 0.2) is 11.5 Å². The fraction of sp³-hybridized carbons (Fsp3) is 0.148. The zero-order chi connectivity index (χ0) is 26.3. The van der Waals surface area contributed by atoms with Gasteiger partial charge in [-0.25, -0.2) is 0 Å². The minimum Gasteiger partial charge on any atom is -0.507 e. The van der Waals surface area contributed by atoms with Gasteiger partial charge in [-0.05, 0) is 24.3 Å². The number of benzene rings is 2. The number of Topliss-reactive ketones (excluding diaryl/α,β-unsaturated/α-hetero) is 1. The Morgan fingerprint density at radius 1 is 1.08 bits per heavy atom. The van der Waals surface area contributed by atoms with Crippen molar-refractivity contribution < 1.29 is 24.2 Å². The van der Waals surface area contributed by atoms with E-state index in [4.69, 9.17) is 32.7 Å². The summed E-state index contributed by atoms with van der Waals surface area (Å²) in [7, 11) is 2.76. The molecule has 1 saturated heterocycles. The maximum absolute atomic E-state index is 13.5. The number of ketones is 1. The predicted octanol–water partition coefficient (Wildman–Crippen LogP) is 5.51. The number of nitrogens with one attached hydrogen (secondary N) is 1. The van der Waals surface area contributed by atoms with Gasteiger partial charge >= 0.3 is 0 Å². The van der Waals surface area contributed by atoms with Gasteiger partial charge in [-0.2, -0.15) is 0 Å². The van der Waals surface area contributed by atoms with E-state index < -0.39 is 23.5 Å². The molecule has 1 aliphatic rings. The highest BCUT2D eigenvalue weighted by Gasteiger charge is 2.47. The second kappa shape index (κ2) is 9.80. The summed E-state index contributed by atoms with van der Waals surface area (Å²) in [5.74, 6) is -1.89. The van der Waals surface area contributed by atoms with E-state index in [0.29, 0.717) is 11.3 Å². The lowest BCUT2D eigenvalue weighted by atomic mass is 9.94. The molecule has 0 saturated carbocycles. The van der Waals surface area contributed by atoms with E-state index in [9.17, 15) is 14.7 Å². The number of aliphatic hydroxyl groups excluding tert-OH is 1. The molecule has 188 valence electrons. The Morgan fingerprint density at radius 2 is 1.81 bits per heavy atom. The van der Waals surface area contributed by atoms with Crippen LogP contribution >= 0.6 is 23.2 Å². The minimum atomic E-state index is -0.928. The molecule has 4 aromatic rings. The van der Waals surface area contributed by atoms with Gasteiger partial charge in [0.2, 0.25) is 0 Å². The zero-order valence-corrected chi connectivity index (χ0v) is 21.3. The number of fused-ring (bicyclic) bond motifs is 1. The first-order valence-corrected chi connectivity index (χ1v) is 12.0. The second-order valence-electron chi connectivity index (χ2n) is 8.32. The average molecular weight is 538 g/mol. The van der Waals surface area contributed by atoms with Crippen molar-refractivity contribution in [1.82, 2.24) is 14.9 Å². The fourth-order valence-corrected chi connectivity index (χ4v) is 5.33. The molecule has 1 atom stereocenters. The lowest BCUT2D eigenvalue weighted by molar-refractivity contribution is -0.140. The Labute approximate surface area is 222 Å². The van der Waals surface area contributed by atoms with Crippen LogP contribution in [-0.4, -0.2) is 45.9 Å². The molecule has 10 heteroatoms. The van der Waals surface area contributed by atoms with Crippen molar-refractivity contribution >= 4 is 51.6 Å². The van der Waals surface area contributed by atoms with Crippen LogP contribution in [0.3, 0.4) is 0 Å². The quantitative estimate of drug-likeness (QED) is 0.191. The Bertz CT molecular complexity index is 1570. The number of hydrogen-bond donors (Lipinski definition) is 2. The summed E-state index contributed by atoms with van der Waals surface area (Å²) in [6, 6.07) is 13.3. The molecule has 2 aromatic carbocycles. The van der Waals surface area contributed by atoms with Gasteiger partial charge in [0, 0.05) is 28.9 Å². The lowest BCUT2D eigenvalue weighted by Gasteiger charge is -2.25. The summed E-state index contributed by atoms with van der Waals surface area (Å²) in [6.45, 7) is 0.0492. The number of carbonyl (C=O) groups is 2. The van der Waals surface area contributed by atoms with Gasteiger partial charge < -0.3 is 24.5 Å². The number of hydrogen-bond acceptors (Lipinski definition) is 6. The number of aliphatic hydroxyl groups is 1. The van der Waals surface area contributed by atoms with Crippen LogP contribution in [0, 0.1) is 0 Å². The Balaban J connectivity index is 1.76. The number of H-pyrrole nitrogens is 1. The molecule has 3 heterocycles. The summed E-state index contributed by atoms with van der Waals surface area (Å²) < 4.78 is 10.7. The van der Waals surface area contributed by atoms with Gasteiger partial charge in [0.1, 0.15) is 10.8 Å². The van der Waals surface area contributed by atoms with Crippen molar-refractivity contribution in [2.24, 2.45) is 0 Å². The summed E-state index contributed by atoms with van der Waals surface area (Å²) >= 11 is 12.8. The standard InChI is InChI=1S/C27H21Cl2N3O5/c1-36-25-16(11-18(28)26(37-2)21(25)29)23(33)20-22(17-12-31-19-9-4-3-8-15(17)19)32(27(35)24(20)34)13-14-7-5-6-10-30-14/h3-12,22,31,33H,13H2,1-2H3/b23-20+. The largest absolute Gasteiger partial charge is 0.507 e. The highest BCUT2D eigenvalue weighted by Crippen LogP contribution is 2.48. The van der Waals surface area contributed by atoms with E-state index in [1.807, 2.05) is 24.3 Å². The van der Waals surface area contributed by atoms with Crippen LogP contribution in [0.4, 0.5) is 0 Å². The number of aromatic amines is 1. The number of amides is 1. The van der Waals surface area contributed by atoms with Crippen molar-refractivity contribution in [3.8, 4) is 11.5 Å². The molecular formula is C27H21Cl2N3O5. The average Bonchev–Trinajstić information content (AvgIpc) is 3.43. The molecule has 1 unspecified atom stereocenters. The molecule has 1 amide bonds. The number of nitrogens with zero attached hydrogens (tertiary/aromatic N) is 2. The molecule has 1 aliphatic heterocycles. The van der Waals surface area contributed by atoms with Crippen molar-refractivity contribution in [3.63, 3.8) is 0 Å². The van der Waals surface area contributed by atoms with E-state index in [0.717, 1.165) is 10.9 Å². The third-order valence-electron chi connectivity index (χ3n) is 6.31. The summed E-state index contributed by atoms with van der Waals surface area (Å²) in [5, 5.41) is 12.5. The maximum atomic E-state index is 13.5. The molecule has 0 spiro atoms. The number of aromatic nitrogens is 2. The first-order chi connectivity index (χ1) is 17.9. The summed E-state index contributed by atoms with van der Waals surface area (Å²) in [4.78, 5) is 35.8. The van der Waals surface area contributed by atoms with Gasteiger partial charge in [-0.3, -0.25) is 14.6 Å². The van der Waals surface area contributed by atoms with Crippen LogP contribution < -0.4 is 9.47 Å². The molecule has 0 aliphatic carbocycles. The van der Waals surface area contributed by atoms with E-state index in [2.05, 4.69) is 9.97 Å². The number of pyridine rings is 1. The van der Waals surface area contributed by atoms with Crippen LogP contribution in [0.1, 0.15) is 22.9 Å². The Kier molecular flexibility index (Phi) is 6.54. The second-order valence-corrected chi connectivity index (χ2v) is 9.11. The van der Waals surface area contributed by atoms with Crippen LogP contribution in [0.15, 0.2) is 66.5 Å². The van der Waals surface area contributed by atoms with E-state index in [-0.39, 0.29) is 39.2 Å². The number of rotatable bonds is 6. The Hall–Kier alpha value is -4.01. The van der Waals surface area contributed by atoms with Gasteiger partial charge in [0.25, 0.3) is 11.7 Å².